The molecule has 0 aromatic carbocycles. The highest BCUT2D eigenvalue weighted by atomic mass is 32.2. The van der Waals surface area contributed by atoms with Gasteiger partial charge >= 0.3 is 0 Å². The van der Waals surface area contributed by atoms with Crippen molar-refractivity contribution in [2.24, 2.45) is 5.92 Å². The Hall–Kier alpha value is 0.310. The fourth-order valence-electron chi connectivity index (χ4n) is 1.74. The van der Waals surface area contributed by atoms with Crippen LogP contribution in [0.15, 0.2) is 0 Å². The van der Waals surface area contributed by atoms with Gasteiger partial charge < -0.3 is 0 Å². The third-order valence-corrected chi connectivity index (χ3v) is 3.17. The third kappa shape index (κ3) is 8.63. The SMILES string of the molecule is CCC1CCCCC1.CCNSC. The average Bonchev–Trinajstić information content (AvgIpc) is 2.21. The molecule has 0 spiro atoms. The van der Waals surface area contributed by atoms with Crippen LogP contribution in [0.3, 0.4) is 0 Å². The maximum absolute atomic E-state index is 3.03. The Balaban J connectivity index is 0.000000252. The van der Waals surface area contributed by atoms with Gasteiger partial charge in [-0.25, -0.2) is 0 Å². The minimum Gasteiger partial charge on any atom is -0.265 e. The zero-order valence-corrected chi connectivity index (χ0v) is 10.3. The molecule has 0 saturated heterocycles. The first-order chi connectivity index (χ1) is 6.35. The first kappa shape index (κ1) is 13.3. The molecular weight excluding hydrogens is 178 g/mol. The van der Waals surface area contributed by atoms with Gasteiger partial charge in [0.2, 0.25) is 0 Å². The van der Waals surface area contributed by atoms with Crippen LogP contribution in [0.1, 0.15) is 52.4 Å². The van der Waals surface area contributed by atoms with E-state index in [4.69, 9.17) is 0 Å². The second kappa shape index (κ2) is 10.4. The molecule has 1 rings (SSSR count). The second-order valence-electron chi connectivity index (χ2n) is 3.61. The van der Waals surface area contributed by atoms with Crippen molar-refractivity contribution in [2.45, 2.75) is 52.4 Å². The predicted molar refractivity (Wildman–Crippen MR) is 64.1 cm³/mol. The van der Waals surface area contributed by atoms with Crippen LogP contribution < -0.4 is 4.72 Å². The minimum atomic E-state index is 1.06. The third-order valence-electron chi connectivity index (χ3n) is 2.59. The Morgan fingerprint density at radius 1 is 1.15 bits per heavy atom. The van der Waals surface area contributed by atoms with Crippen molar-refractivity contribution in [3.63, 3.8) is 0 Å². The van der Waals surface area contributed by atoms with Gasteiger partial charge in [0.15, 0.2) is 0 Å². The molecule has 1 N–H and O–H groups in total. The first-order valence-electron chi connectivity index (χ1n) is 5.60. The van der Waals surface area contributed by atoms with Gasteiger partial charge in [0.25, 0.3) is 0 Å². The molecule has 0 aliphatic heterocycles. The second-order valence-corrected chi connectivity index (χ2v) is 4.31. The molecule has 1 aliphatic rings. The van der Waals surface area contributed by atoms with Crippen LogP contribution in [0.5, 0.6) is 0 Å². The fourth-order valence-corrected chi connectivity index (χ4v) is 2.03. The molecule has 1 saturated carbocycles. The highest BCUT2D eigenvalue weighted by Crippen LogP contribution is 2.25. The molecule has 80 valence electrons. The smallest absolute Gasteiger partial charge is 0.00299 e. The summed E-state index contributed by atoms with van der Waals surface area (Å²) in [6, 6.07) is 0. The summed E-state index contributed by atoms with van der Waals surface area (Å²) in [6.45, 7) is 5.45. The van der Waals surface area contributed by atoms with Crippen LogP contribution in [0.2, 0.25) is 0 Å². The molecule has 2 heteroatoms. The van der Waals surface area contributed by atoms with E-state index in [2.05, 4.69) is 18.6 Å². The molecule has 0 aromatic rings. The van der Waals surface area contributed by atoms with Crippen molar-refractivity contribution >= 4 is 11.9 Å². The van der Waals surface area contributed by atoms with Crippen molar-refractivity contribution in [1.82, 2.24) is 4.72 Å². The normalized spacial score (nSPS) is 17.8. The molecule has 0 unspecified atom stereocenters. The minimum absolute atomic E-state index is 1.06. The number of hydrogen-bond acceptors (Lipinski definition) is 2. The van der Waals surface area contributed by atoms with Gasteiger partial charge in [0.05, 0.1) is 0 Å². The number of rotatable bonds is 3. The van der Waals surface area contributed by atoms with Crippen molar-refractivity contribution in [1.29, 1.82) is 0 Å². The van der Waals surface area contributed by atoms with Gasteiger partial charge in [0, 0.05) is 6.54 Å². The van der Waals surface area contributed by atoms with E-state index >= 15 is 0 Å². The van der Waals surface area contributed by atoms with E-state index in [9.17, 15) is 0 Å². The van der Waals surface area contributed by atoms with E-state index in [0.717, 1.165) is 12.5 Å². The van der Waals surface area contributed by atoms with E-state index in [1.165, 1.54) is 38.5 Å². The predicted octanol–water partition coefficient (Wildman–Crippen LogP) is 3.85. The molecule has 0 atom stereocenters. The maximum Gasteiger partial charge on any atom is 0.00299 e. The quantitative estimate of drug-likeness (QED) is 0.699. The zero-order chi connectivity index (χ0) is 9.94. The maximum atomic E-state index is 3.03. The molecule has 13 heavy (non-hydrogen) atoms. The van der Waals surface area contributed by atoms with Crippen LogP contribution in [-0.2, 0) is 0 Å². The first-order valence-corrected chi connectivity index (χ1v) is 6.83. The van der Waals surface area contributed by atoms with Crippen molar-refractivity contribution < 1.29 is 0 Å². The average molecular weight is 203 g/mol. The molecule has 0 amide bonds. The largest absolute Gasteiger partial charge is 0.265 e. The molecule has 0 heterocycles. The standard InChI is InChI=1S/C8H16.C3H9NS/c1-2-8-6-4-3-5-7-8;1-3-4-5-2/h8H,2-7H2,1H3;4H,3H2,1-2H3. The fraction of sp³-hybridized carbons (Fsp3) is 1.00. The molecule has 0 radical (unpaired) electrons. The Kier molecular flexibility index (Phi) is 10.6. The number of nitrogens with one attached hydrogen (secondary N) is 1. The molecule has 1 nitrogen and oxygen atoms in total. The molecule has 0 bridgehead atoms. The summed E-state index contributed by atoms with van der Waals surface area (Å²) < 4.78 is 3.03. The lowest BCUT2D eigenvalue weighted by Gasteiger charge is -2.18. The Labute approximate surface area is 88.2 Å². The summed E-state index contributed by atoms with van der Waals surface area (Å²) in [5.74, 6) is 1.09. The zero-order valence-electron chi connectivity index (χ0n) is 9.44. The molecular formula is C11H25NS. The number of hydrogen-bond donors (Lipinski definition) is 1. The van der Waals surface area contributed by atoms with Crippen molar-refractivity contribution in [2.75, 3.05) is 12.8 Å². The van der Waals surface area contributed by atoms with Gasteiger partial charge in [-0.05, 0) is 12.2 Å². The van der Waals surface area contributed by atoms with E-state index in [0.29, 0.717) is 0 Å². The lowest BCUT2D eigenvalue weighted by Crippen LogP contribution is -2.03. The Morgan fingerprint density at radius 2 is 1.77 bits per heavy atom. The van der Waals surface area contributed by atoms with E-state index in [1.807, 2.05) is 6.26 Å². The van der Waals surface area contributed by atoms with Gasteiger partial charge in [-0.3, -0.25) is 4.72 Å². The van der Waals surface area contributed by atoms with Crippen LogP contribution in [0.4, 0.5) is 0 Å². The summed E-state index contributed by atoms with van der Waals surface area (Å²) >= 11 is 1.65. The summed E-state index contributed by atoms with van der Waals surface area (Å²) in [5.41, 5.74) is 0. The lowest BCUT2D eigenvalue weighted by atomic mass is 9.88. The van der Waals surface area contributed by atoms with Gasteiger partial charge in [-0.2, -0.15) is 0 Å². The highest BCUT2D eigenvalue weighted by molar-refractivity contribution is 7.96. The summed E-state index contributed by atoms with van der Waals surface area (Å²) in [5, 5.41) is 0. The lowest BCUT2D eigenvalue weighted by molar-refractivity contribution is 0.349. The van der Waals surface area contributed by atoms with Crippen LogP contribution >= 0.6 is 11.9 Å². The highest BCUT2D eigenvalue weighted by Gasteiger charge is 2.09. The topological polar surface area (TPSA) is 12.0 Å². The Bertz CT molecular complexity index is 88.1. The Morgan fingerprint density at radius 3 is 2.00 bits per heavy atom. The van der Waals surface area contributed by atoms with Gasteiger partial charge in [-0.15, -0.1) is 0 Å². The van der Waals surface area contributed by atoms with Gasteiger partial charge in [0.1, 0.15) is 0 Å². The monoisotopic (exact) mass is 203 g/mol. The summed E-state index contributed by atoms with van der Waals surface area (Å²) in [6.07, 6.45) is 10.9. The van der Waals surface area contributed by atoms with Crippen molar-refractivity contribution in [3.8, 4) is 0 Å². The van der Waals surface area contributed by atoms with Crippen LogP contribution in [0.25, 0.3) is 0 Å². The van der Waals surface area contributed by atoms with Crippen molar-refractivity contribution in [3.05, 3.63) is 0 Å². The van der Waals surface area contributed by atoms with E-state index in [-0.39, 0.29) is 0 Å². The molecule has 1 fully saturated rings. The molecule has 1 aliphatic carbocycles. The van der Waals surface area contributed by atoms with Crippen LogP contribution in [-0.4, -0.2) is 12.8 Å². The van der Waals surface area contributed by atoms with E-state index < -0.39 is 0 Å². The van der Waals surface area contributed by atoms with Gasteiger partial charge in [-0.1, -0.05) is 64.3 Å². The van der Waals surface area contributed by atoms with Crippen LogP contribution in [0, 0.1) is 5.92 Å². The summed E-state index contributed by atoms with van der Waals surface area (Å²) in [7, 11) is 0. The van der Waals surface area contributed by atoms with E-state index in [1.54, 1.807) is 11.9 Å². The molecule has 0 aromatic heterocycles. The summed E-state index contributed by atoms with van der Waals surface area (Å²) in [4.78, 5) is 0.